The number of hydrogen-bond acceptors (Lipinski definition) is 3. The number of rotatable bonds is 4. The first-order valence-corrected chi connectivity index (χ1v) is 4.02. The minimum absolute atomic E-state index is 0. The molecule has 80 valence electrons. The fourth-order valence-electron chi connectivity index (χ4n) is 0.479. The predicted molar refractivity (Wildman–Crippen MR) is 53.4 cm³/mol. The van der Waals surface area contributed by atoms with Gasteiger partial charge in [0.15, 0.2) is 0 Å². The molecule has 0 atom stereocenters. The number of aliphatic hydroxyl groups is 2. The van der Waals surface area contributed by atoms with Crippen LogP contribution in [0.1, 0.15) is 26.7 Å². The highest BCUT2D eigenvalue weighted by molar-refractivity contribution is 4.39. The Morgan fingerprint density at radius 3 is 1.25 bits per heavy atom. The molecule has 0 spiro atoms. The van der Waals surface area contributed by atoms with Crippen LogP contribution >= 0.6 is 0 Å². The molecule has 4 heteroatoms. The number of aliphatic hydroxyl groups excluding tert-OH is 2. The van der Waals surface area contributed by atoms with Crippen molar-refractivity contribution in [2.75, 3.05) is 27.3 Å². The Labute approximate surface area is 75.9 Å². The molecule has 0 aromatic heterocycles. The molecule has 0 aliphatic heterocycles. The Morgan fingerprint density at radius 2 is 1.08 bits per heavy atom. The molecule has 0 fully saturated rings. The van der Waals surface area contributed by atoms with Crippen LogP contribution < -0.4 is 5.32 Å². The van der Waals surface area contributed by atoms with E-state index in [9.17, 15) is 0 Å². The minimum Gasteiger partial charge on any atom is -0.412 e. The van der Waals surface area contributed by atoms with E-state index in [0.717, 1.165) is 14.2 Å². The molecule has 0 rings (SSSR count). The van der Waals surface area contributed by atoms with Crippen LogP contribution in [-0.4, -0.2) is 43.0 Å². The highest BCUT2D eigenvalue weighted by Gasteiger charge is 1.76. The third kappa shape index (κ3) is 52.1. The van der Waals surface area contributed by atoms with Crippen molar-refractivity contribution in [3.63, 3.8) is 0 Å². The van der Waals surface area contributed by atoms with Crippen molar-refractivity contribution in [3.05, 3.63) is 0 Å². The van der Waals surface area contributed by atoms with Crippen LogP contribution in [0.25, 0.3) is 0 Å². The summed E-state index contributed by atoms with van der Waals surface area (Å²) in [5.41, 5.74) is 0. The van der Waals surface area contributed by atoms with E-state index in [4.69, 9.17) is 10.2 Å². The van der Waals surface area contributed by atoms with Gasteiger partial charge in [0.2, 0.25) is 0 Å². The molecule has 0 aliphatic carbocycles. The standard InChI is InChI=1S/C6H15N.2CH4O.H2O/c1-3-5-7-6-4-2;2*1-2;/h7H,3-6H2,1-2H3;2*2H,1H3;1H2. The van der Waals surface area contributed by atoms with Crippen LogP contribution in [0.4, 0.5) is 0 Å². The summed E-state index contributed by atoms with van der Waals surface area (Å²) < 4.78 is 0. The third-order valence-corrected chi connectivity index (χ3v) is 0.854. The van der Waals surface area contributed by atoms with Gasteiger partial charge in [0, 0.05) is 14.2 Å². The molecule has 0 amide bonds. The first kappa shape index (κ1) is 22.6. The van der Waals surface area contributed by atoms with Crippen LogP contribution in [0.5, 0.6) is 0 Å². The molecule has 0 aliphatic rings. The fraction of sp³-hybridized carbons (Fsp3) is 1.00. The van der Waals surface area contributed by atoms with E-state index in [2.05, 4.69) is 19.2 Å². The summed E-state index contributed by atoms with van der Waals surface area (Å²) >= 11 is 0. The average molecular weight is 183 g/mol. The number of hydrogen-bond donors (Lipinski definition) is 3. The lowest BCUT2D eigenvalue weighted by Gasteiger charge is -1.95. The largest absolute Gasteiger partial charge is 0.412 e. The maximum atomic E-state index is 7.00. The third-order valence-electron chi connectivity index (χ3n) is 0.854. The predicted octanol–water partition coefficient (Wildman–Crippen LogP) is -0.212. The van der Waals surface area contributed by atoms with Gasteiger partial charge in [-0.2, -0.15) is 0 Å². The summed E-state index contributed by atoms with van der Waals surface area (Å²) in [4.78, 5) is 0. The van der Waals surface area contributed by atoms with Crippen LogP contribution in [0.3, 0.4) is 0 Å². The monoisotopic (exact) mass is 183 g/mol. The van der Waals surface area contributed by atoms with Gasteiger partial charge in [-0.25, -0.2) is 0 Å². The Hall–Kier alpha value is -0.160. The summed E-state index contributed by atoms with van der Waals surface area (Å²) in [5, 5.41) is 17.3. The Morgan fingerprint density at radius 1 is 0.833 bits per heavy atom. The molecular formula is C8H25NO3. The van der Waals surface area contributed by atoms with E-state index >= 15 is 0 Å². The molecule has 0 aromatic rings. The van der Waals surface area contributed by atoms with Crippen LogP contribution in [0.2, 0.25) is 0 Å². The van der Waals surface area contributed by atoms with Gasteiger partial charge < -0.3 is 21.0 Å². The van der Waals surface area contributed by atoms with Crippen molar-refractivity contribution in [2.45, 2.75) is 26.7 Å². The highest BCUT2D eigenvalue weighted by atomic mass is 16.2. The minimum atomic E-state index is 0. The topological polar surface area (TPSA) is 84.0 Å². The second-order valence-corrected chi connectivity index (χ2v) is 1.75. The molecular weight excluding hydrogens is 158 g/mol. The molecule has 0 unspecified atom stereocenters. The van der Waals surface area contributed by atoms with Crippen LogP contribution in [-0.2, 0) is 0 Å². The van der Waals surface area contributed by atoms with Gasteiger partial charge in [-0.15, -0.1) is 0 Å². The SMILES string of the molecule is CCCNCCC.CO.CO.O. The quantitative estimate of drug-likeness (QED) is 0.527. The van der Waals surface area contributed by atoms with Gasteiger partial charge in [0.1, 0.15) is 0 Å². The molecule has 0 saturated heterocycles. The Bertz CT molecular complexity index is 33.5. The van der Waals surface area contributed by atoms with E-state index in [1.807, 2.05) is 0 Å². The maximum Gasteiger partial charge on any atom is 0.0319 e. The van der Waals surface area contributed by atoms with Crippen molar-refractivity contribution < 1.29 is 15.7 Å². The van der Waals surface area contributed by atoms with E-state index in [0.29, 0.717) is 0 Å². The first-order chi connectivity index (χ1) is 5.41. The van der Waals surface area contributed by atoms with Crippen molar-refractivity contribution in [1.82, 2.24) is 5.32 Å². The van der Waals surface area contributed by atoms with Gasteiger partial charge in [0.25, 0.3) is 0 Å². The summed E-state index contributed by atoms with van der Waals surface area (Å²) in [5.74, 6) is 0. The molecule has 12 heavy (non-hydrogen) atoms. The van der Waals surface area contributed by atoms with Crippen molar-refractivity contribution in [1.29, 1.82) is 0 Å². The summed E-state index contributed by atoms with van der Waals surface area (Å²) in [7, 11) is 2.00. The molecule has 4 nitrogen and oxygen atoms in total. The van der Waals surface area contributed by atoms with Crippen molar-refractivity contribution in [2.24, 2.45) is 0 Å². The highest BCUT2D eigenvalue weighted by Crippen LogP contribution is 1.71. The van der Waals surface area contributed by atoms with Crippen molar-refractivity contribution >= 4 is 0 Å². The van der Waals surface area contributed by atoms with E-state index in [-0.39, 0.29) is 5.48 Å². The van der Waals surface area contributed by atoms with Gasteiger partial charge in [-0.3, -0.25) is 0 Å². The fourth-order valence-corrected chi connectivity index (χ4v) is 0.479. The van der Waals surface area contributed by atoms with Gasteiger partial charge in [0.05, 0.1) is 0 Å². The summed E-state index contributed by atoms with van der Waals surface area (Å²) in [6, 6.07) is 0. The normalized spacial score (nSPS) is 6.50. The summed E-state index contributed by atoms with van der Waals surface area (Å²) in [6.07, 6.45) is 2.50. The van der Waals surface area contributed by atoms with Crippen LogP contribution in [0.15, 0.2) is 0 Å². The molecule has 0 saturated carbocycles. The average Bonchev–Trinajstić information content (AvgIpc) is 2.13. The molecule has 0 bridgehead atoms. The molecule has 0 heterocycles. The zero-order chi connectivity index (χ0) is 9.54. The Kier molecular flexibility index (Phi) is 84.5. The molecule has 5 N–H and O–H groups in total. The van der Waals surface area contributed by atoms with Gasteiger partial charge in [-0.05, 0) is 25.9 Å². The lowest BCUT2D eigenvalue weighted by molar-refractivity contribution is 0.399. The number of nitrogens with one attached hydrogen (secondary N) is 1. The lowest BCUT2D eigenvalue weighted by atomic mass is 10.4. The van der Waals surface area contributed by atoms with E-state index in [1.165, 1.54) is 25.9 Å². The second-order valence-electron chi connectivity index (χ2n) is 1.75. The first-order valence-electron chi connectivity index (χ1n) is 4.02. The Balaban J connectivity index is -0.0000000560. The van der Waals surface area contributed by atoms with Gasteiger partial charge in [-0.1, -0.05) is 13.8 Å². The lowest BCUT2D eigenvalue weighted by Crippen LogP contribution is -2.14. The van der Waals surface area contributed by atoms with E-state index < -0.39 is 0 Å². The van der Waals surface area contributed by atoms with Gasteiger partial charge >= 0.3 is 0 Å². The second kappa shape index (κ2) is 44.8. The zero-order valence-corrected chi connectivity index (χ0v) is 8.72. The van der Waals surface area contributed by atoms with E-state index in [1.54, 1.807) is 0 Å². The molecule has 0 radical (unpaired) electrons. The van der Waals surface area contributed by atoms with Crippen molar-refractivity contribution in [3.8, 4) is 0 Å². The maximum absolute atomic E-state index is 7.00. The smallest absolute Gasteiger partial charge is 0.0319 e. The summed E-state index contributed by atoms with van der Waals surface area (Å²) in [6.45, 7) is 6.72. The van der Waals surface area contributed by atoms with Crippen LogP contribution in [0, 0.1) is 0 Å². The zero-order valence-electron chi connectivity index (χ0n) is 8.72. The molecule has 0 aromatic carbocycles.